The first kappa shape index (κ1) is 36.5. The number of aliphatic hydroxyl groups excluding tert-OH is 1. The Hall–Kier alpha value is -3.93. The van der Waals surface area contributed by atoms with Crippen LogP contribution in [0.1, 0.15) is 57.6 Å². The molecule has 11 heteroatoms. The van der Waals surface area contributed by atoms with Crippen LogP contribution in [0.2, 0.25) is 0 Å². The van der Waals surface area contributed by atoms with Gasteiger partial charge in [0.2, 0.25) is 15.9 Å². The first-order valence-corrected chi connectivity index (χ1v) is 17.2. The van der Waals surface area contributed by atoms with Gasteiger partial charge in [-0.1, -0.05) is 94.3 Å². The predicted octanol–water partition coefficient (Wildman–Crippen LogP) is 5.56. The van der Waals surface area contributed by atoms with E-state index in [4.69, 9.17) is 9.47 Å². The summed E-state index contributed by atoms with van der Waals surface area (Å²) in [5, 5.41) is 13.0. The fourth-order valence-electron chi connectivity index (χ4n) is 4.85. The summed E-state index contributed by atoms with van der Waals surface area (Å²) in [4.78, 5) is 27.0. The van der Waals surface area contributed by atoms with E-state index in [-0.39, 0.29) is 43.4 Å². The van der Waals surface area contributed by atoms with Crippen LogP contribution in [0.4, 0.5) is 4.79 Å². The van der Waals surface area contributed by atoms with Crippen molar-refractivity contribution in [2.24, 2.45) is 5.92 Å². The van der Waals surface area contributed by atoms with Crippen LogP contribution in [-0.4, -0.2) is 67.2 Å². The van der Waals surface area contributed by atoms with E-state index in [1.165, 1.54) is 23.5 Å². The molecule has 0 aliphatic heterocycles. The Kier molecular flexibility index (Phi) is 14.5. The molecule has 0 heterocycles. The number of carbonyl (C=O) groups excluding carboxylic acids is 2. The molecule has 2 amide bonds. The zero-order valence-corrected chi connectivity index (χ0v) is 28.0. The molecule has 0 fully saturated rings. The monoisotopic (exact) mass is 653 g/mol. The lowest BCUT2D eigenvalue weighted by Crippen LogP contribution is -2.59. The third-order valence-corrected chi connectivity index (χ3v) is 9.70. The number of nitrogens with one attached hydrogen (secondary N) is 1. The summed E-state index contributed by atoms with van der Waals surface area (Å²) >= 11 is 0. The molecular formula is C35H47N3O7S. The molecule has 0 saturated heterocycles. The van der Waals surface area contributed by atoms with Gasteiger partial charge in [0.15, 0.2) is 0 Å². The molecule has 2 N–H and O–H groups in total. The van der Waals surface area contributed by atoms with Crippen molar-refractivity contribution in [3.05, 3.63) is 96.1 Å². The Bertz CT molecular complexity index is 1450. The average molecular weight is 654 g/mol. The van der Waals surface area contributed by atoms with E-state index in [9.17, 15) is 23.1 Å². The summed E-state index contributed by atoms with van der Waals surface area (Å²) in [5.41, 5.74) is 4.16. The second-order valence-corrected chi connectivity index (χ2v) is 13.3. The molecule has 0 saturated carbocycles. The van der Waals surface area contributed by atoms with E-state index in [1.54, 1.807) is 12.1 Å². The third-order valence-electron chi connectivity index (χ3n) is 7.83. The zero-order valence-electron chi connectivity index (χ0n) is 27.2. The van der Waals surface area contributed by atoms with Crippen LogP contribution in [-0.2, 0) is 32.6 Å². The van der Waals surface area contributed by atoms with Crippen molar-refractivity contribution in [1.82, 2.24) is 14.7 Å². The number of nitrogens with zero attached hydrogens (tertiary/aromatic N) is 2. The Balaban J connectivity index is 1.96. The van der Waals surface area contributed by atoms with Gasteiger partial charge in [-0.15, -0.1) is 0 Å². The second kappa shape index (κ2) is 18.3. The van der Waals surface area contributed by atoms with Gasteiger partial charge < -0.3 is 14.6 Å². The molecule has 0 radical (unpaired) electrons. The zero-order chi connectivity index (χ0) is 33.5. The fourth-order valence-corrected chi connectivity index (χ4v) is 6.35. The van der Waals surface area contributed by atoms with E-state index in [2.05, 4.69) is 5.43 Å². The second-order valence-electron chi connectivity index (χ2n) is 11.4. The van der Waals surface area contributed by atoms with Gasteiger partial charge in [0.25, 0.3) is 0 Å². The first-order valence-electron chi connectivity index (χ1n) is 15.7. The van der Waals surface area contributed by atoms with Crippen LogP contribution in [0.3, 0.4) is 0 Å². The van der Waals surface area contributed by atoms with Crippen LogP contribution < -0.4 is 10.2 Å². The quantitative estimate of drug-likeness (QED) is 0.183. The number of sulfonamides is 1. The van der Waals surface area contributed by atoms with Crippen LogP contribution >= 0.6 is 0 Å². The number of carbonyl (C=O) groups is 2. The molecular weight excluding hydrogens is 606 g/mol. The molecule has 10 nitrogen and oxygen atoms in total. The molecule has 3 atom stereocenters. The smallest absolute Gasteiger partial charge is 0.426 e. The van der Waals surface area contributed by atoms with Crippen LogP contribution in [0.15, 0.2) is 89.8 Å². The molecule has 46 heavy (non-hydrogen) atoms. The summed E-state index contributed by atoms with van der Waals surface area (Å²) < 4.78 is 39.6. The first-order chi connectivity index (χ1) is 22.1. The van der Waals surface area contributed by atoms with E-state index in [1.807, 2.05) is 81.4 Å². The highest BCUT2D eigenvalue weighted by molar-refractivity contribution is 7.89. The maximum atomic E-state index is 13.8. The van der Waals surface area contributed by atoms with E-state index in [0.717, 1.165) is 29.0 Å². The minimum atomic E-state index is -4.03. The van der Waals surface area contributed by atoms with Crippen molar-refractivity contribution in [2.45, 2.75) is 76.5 Å². The largest absolute Gasteiger partial charge is 0.497 e. The van der Waals surface area contributed by atoms with Gasteiger partial charge in [-0.25, -0.2) is 23.6 Å². The van der Waals surface area contributed by atoms with Gasteiger partial charge in [0.05, 0.1) is 24.2 Å². The molecule has 1 unspecified atom stereocenters. The molecule has 0 aromatic heterocycles. The minimum Gasteiger partial charge on any atom is -0.497 e. The van der Waals surface area contributed by atoms with Gasteiger partial charge in [-0.3, -0.25) is 4.79 Å². The lowest BCUT2D eigenvalue weighted by molar-refractivity contribution is -0.141. The van der Waals surface area contributed by atoms with Crippen molar-refractivity contribution in [3.8, 4) is 5.75 Å². The van der Waals surface area contributed by atoms with Crippen LogP contribution in [0.5, 0.6) is 5.75 Å². The van der Waals surface area contributed by atoms with Crippen LogP contribution in [0.25, 0.3) is 0 Å². The molecule has 0 bridgehead atoms. The SMILES string of the molecule is CCCCN(C[C@@H](O)[C@H](Cc1ccccc1)N(NC(=O)OCc1ccccc1)C(=O)CC(C)CC)S(=O)(=O)c1ccc(OC)cc1. The highest BCUT2D eigenvalue weighted by Crippen LogP contribution is 2.23. The number of benzene rings is 3. The number of amides is 2. The van der Waals surface area contributed by atoms with Gasteiger partial charge in [-0.2, -0.15) is 4.31 Å². The van der Waals surface area contributed by atoms with E-state index >= 15 is 0 Å². The number of hydrogen-bond acceptors (Lipinski definition) is 7. The molecule has 3 aromatic carbocycles. The number of hydrogen-bond donors (Lipinski definition) is 2. The molecule has 3 aromatic rings. The number of rotatable bonds is 17. The number of hydrazine groups is 1. The standard InChI is InChI=1S/C35H47N3O7S/c1-5-7-22-37(46(42,43)31-20-18-30(44-4)19-21-31)25-33(39)32(24-28-14-10-8-11-15-28)38(34(40)23-27(3)6-2)36-35(41)45-26-29-16-12-9-13-17-29/h8-21,27,32-33,39H,5-7,22-26H2,1-4H3,(H,36,41)/t27?,32-,33+/m0/s1. The molecule has 3 rings (SSSR count). The van der Waals surface area contributed by atoms with Gasteiger partial charge in [0.1, 0.15) is 12.4 Å². The van der Waals surface area contributed by atoms with E-state index in [0.29, 0.717) is 12.2 Å². The van der Waals surface area contributed by atoms with Gasteiger partial charge >= 0.3 is 6.09 Å². The van der Waals surface area contributed by atoms with Crippen molar-refractivity contribution in [1.29, 1.82) is 0 Å². The summed E-state index contributed by atoms with van der Waals surface area (Å²) in [6, 6.07) is 23.4. The van der Waals surface area contributed by atoms with Crippen LogP contribution in [0, 0.1) is 5.92 Å². The number of unbranched alkanes of at least 4 members (excludes halogenated alkanes) is 1. The lowest BCUT2D eigenvalue weighted by atomic mass is 9.98. The molecule has 0 spiro atoms. The highest BCUT2D eigenvalue weighted by atomic mass is 32.2. The van der Waals surface area contributed by atoms with Crippen molar-refractivity contribution < 1.29 is 32.6 Å². The Morgan fingerprint density at radius 2 is 1.52 bits per heavy atom. The number of methoxy groups -OCH3 is 1. The third kappa shape index (κ3) is 10.9. The van der Waals surface area contributed by atoms with E-state index < -0.39 is 34.2 Å². The van der Waals surface area contributed by atoms with Gasteiger partial charge in [-0.05, 0) is 54.2 Å². The normalized spacial score (nSPS) is 13.4. The molecule has 0 aliphatic carbocycles. The predicted molar refractivity (Wildman–Crippen MR) is 177 cm³/mol. The van der Waals surface area contributed by atoms with Gasteiger partial charge in [0, 0.05) is 19.5 Å². The lowest BCUT2D eigenvalue weighted by Gasteiger charge is -2.37. The Morgan fingerprint density at radius 1 is 0.913 bits per heavy atom. The Morgan fingerprint density at radius 3 is 2.09 bits per heavy atom. The van der Waals surface area contributed by atoms with Crippen molar-refractivity contribution in [2.75, 3.05) is 20.2 Å². The summed E-state index contributed by atoms with van der Waals surface area (Å²) in [6.07, 6.45) is 0.0444. The Labute approximate surface area is 273 Å². The minimum absolute atomic E-state index is 0.00293. The average Bonchev–Trinajstić information content (AvgIpc) is 3.07. The maximum absolute atomic E-state index is 13.8. The molecule has 250 valence electrons. The summed E-state index contributed by atoms with van der Waals surface area (Å²) in [6.45, 7) is 5.69. The number of aliphatic hydroxyl groups is 1. The fraction of sp³-hybridized carbons (Fsp3) is 0.429. The summed E-state index contributed by atoms with van der Waals surface area (Å²) in [7, 11) is -2.53. The number of ether oxygens (including phenoxy) is 2. The highest BCUT2D eigenvalue weighted by Gasteiger charge is 2.36. The maximum Gasteiger partial charge on any atom is 0.426 e. The van der Waals surface area contributed by atoms with Crippen molar-refractivity contribution in [3.63, 3.8) is 0 Å². The molecule has 0 aliphatic rings. The topological polar surface area (TPSA) is 125 Å². The summed E-state index contributed by atoms with van der Waals surface area (Å²) in [5.74, 6) is 0.106. The van der Waals surface area contributed by atoms with Crippen molar-refractivity contribution >= 4 is 22.0 Å².